The van der Waals surface area contributed by atoms with Crippen LogP contribution in [0.25, 0.3) is 0 Å². The average molecular weight is 130 g/mol. The lowest BCUT2D eigenvalue weighted by atomic mass is 10.6. The van der Waals surface area contributed by atoms with E-state index in [0.29, 0.717) is 0 Å². The summed E-state index contributed by atoms with van der Waals surface area (Å²) in [5, 5.41) is 16.9. The normalized spacial score (nSPS) is 9.12. The largest absolute Gasteiger partial charge is 0.856 e. The maximum Gasteiger partial charge on any atom is 0.0548 e. The molecule has 1 aromatic heterocycles. The maximum atomic E-state index is 10.3. The molecule has 0 aliphatic rings. The van der Waals surface area contributed by atoms with E-state index in [0.717, 1.165) is 0 Å². The van der Waals surface area contributed by atoms with Gasteiger partial charge < -0.3 is 5.11 Å². The fraction of sp³-hybridized carbons (Fsp3) is 0. The van der Waals surface area contributed by atoms with Gasteiger partial charge in [0.05, 0.1) is 11.2 Å². The first-order valence-electron chi connectivity index (χ1n) is 1.95. The highest BCUT2D eigenvalue weighted by atomic mass is 35.5. The second kappa shape index (κ2) is 1.96. The Morgan fingerprint density at radius 1 is 1.62 bits per heavy atom. The monoisotopic (exact) mass is 129 g/mol. The molecule has 4 heteroatoms. The lowest BCUT2D eigenvalue weighted by molar-refractivity contribution is -0.275. The van der Waals surface area contributed by atoms with E-state index >= 15 is 0 Å². The van der Waals surface area contributed by atoms with Gasteiger partial charge in [0.15, 0.2) is 0 Å². The van der Waals surface area contributed by atoms with Crippen LogP contribution in [-0.4, -0.2) is 10.2 Å². The summed E-state index contributed by atoms with van der Waals surface area (Å²) in [7, 11) is 0. The molecule has 0 N–H and O–H groups in total. The quantitative estimate of drug-likeness (QED) is 0.503. The van der Waals surface area contributed by atoms with Crippen LogP contribution < -0.4 is 5.11 Å². The van der Waals surface area contributed by atoms with E-state index in [1.165, 1.54) is 12.3 Å². The molecule has 0 fully saturated rings. The van der Waals surface area contributed by atoms with Gasteiger partial charge in [-0.05, 0) is 6.07 Å². The molecule has 0 saturated carbocycles. The van der Waals surface area contributed by atoms with E-state index < -0.39 is 5.88 Å². The molecule has 1 heterocycles. The zero-order chi connectivity index (χ0) is 5.98. The number of nitrogens with zero attached hydrogens (tertiary/aromatic N) is 2. The first-order valence-corrected chi connectivity index (χ1v) is 2.32. The number of aromatic nitrogens is 2. The topological polar surface area (TPSA) is 48.8 Å². The van der Waals surface area contributed by atoms with Crippen molar-refractivity contribution in [2.24, 2.45) is 0 Å². The lowest BCUT2D eigenvalue weighted by Gasteiger charge is -2.00. The van der Waals surface area contributed by atoms with Gasteiger partial charge in [-0.3, -0.25) is 0 Å². The molecule has 0 unspecified atom stereocenters. The first kappa shape index (κ1) is 5.31. The van der Waals surface area contributed by atoms with Gasteiger partial charge >= 0.3 is 0 Å². The van der Waals surface area contributed by atoms with Gasteiger partial charge in [-0.1, -0.05) is 11.6 Å². The van der Waals surface area contributed by atoms with Gasteiger partial charge in [0.2, 0.25) is 0 Å². The van der Waals surface area contributed by atoms with Crippen LogP contribution in [0.4, 0.5) is 0 Å². The summed E-state index contributed by atoms with van der Waals surface area (Å²) in [5.74, 6) is -0.478. The molecule has 0 bridgehead atoms. The van der Waals surface area contributed by atoms with Crippen LogP contribution in [-0.2, 0) is 0 Å². The van der Waals surface area contributed by atoms with Crippen LogP contribution in [0.1, 0.15) is 0 Å². The molecule has 0 aliphatic carbocycles. The lowest BCUT2D eigenvalue weighted by Crippen LogP contribution is -1.95. The van der Waals surface area contributed by atoms with Gasteiger partial charge in [-0.15, -0.1) is 0 Å². The number of hydrogen-bond acceptors (Lipinski definition) is 3. The Balaban J connectivity index is 3.13. The summed E-state index contributed by atoms with van der Waals surface area (Å²) in [4.78, 5) is 0. The van der Waals surface area contributed by atoms with Gasteiger partial charge in [-0.2, -0.15) is 10.2 Å². The minimum absolute atomic E-state index is 0.111. The predicted octanol–water partition coefficient (Wildman–Crippen LogP) is 0.204. The smallest absolute Gasteiger partial charge is 0.0548 e. The highest BCUT2D eigenvalue weighted by Crippen LogP contribution is 2.12. The molecule has 0 spiro atoms. The molecule has 3 nitrogen and oxygen atoms in total. The van der Waals surface area contributed by atoms with E-state index in [-0.39, 0.29) is 5.02 Å². The summed E-state index contributed by atoms with van der Waals surface area (Å²) in [5.41, 5.74) is 0. The fourth-order valence-electron chi connectivity index (χ4n) is 0.304. The van der Waals surface area contributed by atoms with Crippen molar-refractivity contribution >= 4 is 11.6 Å². The molecule has 0 atom stereocenters. The maximum absolute atomic E-state index is 10.3. The zero-order valence-electron chi connectivity index (χ0n) is 3.84. The Kier molecular flexibility index (Phi) is 1.30. The van der Waals surface area contributed by atoms with E-state index in [1.54, 1.807) is 0 Å². The van der Waals surface area contributed by atoms with Gasteiger partial charge in [0, 0.05) is 5.88 Å². The molecular weight excluding hydrogens is 128 g/mol. The third kappa shape index (κ3) is 0.869. The van der Waals surface area contributed by atoms with Crippen molar-refractivity contribution < 1.29 is 5.11 Å². The van der Waals surface area contributed by atoms with Crippen LogP contribution >= 0.6 is 11.6 Å². The number of halogens is 1. The minimum atomic E-state index is -0.478. The van der Waals surface area contributed by atoms with Crippen molar-refractivity contribution in [2.75, 3.05) is 0 Å². The molecule has 42 valence electrons. The first-order chi connectivity index (χ1) is 3.80. The molecular formula is C4H2ClN2O-. The summed E-state index contributed by atoms with van der Waals surface area (Å²) < 4.78 is 0. The van der Waals surface area contributed by atoms with Crippen LogP contribution in [0.5, 0.6) is 5.88 Å². The standard InChI is InChI=1S/C4H3ClN2O/c5-3-1-2-6-7-4(3)8/h1-2H,(H,7,8)/p-1. The van der Waals surface area contributed by atoms with Crippen LogP contribution in [0.3, 0.4) is 0 Å². The molecule has 0 aromatic carbocycles. The molecule has 8 heavy (non-hydrogen) atoms. The van der Waals surface area contributed by atoms with Crippen molar-refractivity contribution in [2.45, 2.75) is 0 Å². The Bertz CT molecular complexity index is 170. The SMILES string of the molecule is [O-]c1nnccc1Cl. The van der Waals surface area contributed by atoms with Crippen molar-refractivity contribution in [1.82, 2.24) is 10.2 Å². The van der Waals surface area contributed by atoms with Gasteiger partial charge in [0.25, 0.3) is 0 Å². The summed E-state index contributed by atoms with van der Waals surface area (Å²) >= 11 is 5.29. The van der Waals surface area contributed by atoms with E-state index in [1.807, 2.05) is 0 Å². The molecule has 0 radical (unpaired) electrons. The Morgan fingerprint density at radius 3 is 2.75 bits per heavy atom. The number of hydrogen-bond donors (Lipinski definition) is 0. The summed E-state index contributed by atoms with van der Waals surface area (Å²) in [6.07, 6.45) is 1.36. The Labute approximate surface area is 50.9 Å². The molecule has 0 saturated heterocycles. The van der Waals surface area contributed by atoms with Gasteiger partial charge in [0.1, 0.15) is 0 Å². The highest BCUT2D eigenvalue weighted by molar-refractivity contribution is 6.31. The molecule has 0 aliphatic heterocycles. The third-order valence-electron chi connectivity index (χ3n) is 0.640. The van der Waals surface area contributed by atoms with E-state index in [9.17, 15) is 5.11 Å². The summed E-state index contributed by atoms with van der Waals surface area (Å²) in [6.45, 7) is 0. The van der Waals surface area contributed by atoms with E-state index in [4.69, 9.17) is 11.6 Å². The zero-order valence-corrected chi connectivity index (χ0v) is 4.59. The Morgan fingerprint density at radius 2 is 2.38 bits per heavy atom. The molecule has 0 amide bonds. The van der Waals surface area contributed by atoms with Crippen LogP contribution in [0, 0.1) is 0 Å². The molecule has 1 aromatic rings. The Hall–Kier alpha value is -0.830. The van der Waals surface area contributed by atoms with Crippen LogP contribution in [0.2, 0.25) is 5.02 Å². The second-order valence-electron chi connectivity index (χ2n) is 1.18. The fourth-order valence-corrected chi connectivity index (χ4v) is 0.398. The minimum Gasteiger partial charge on any atom is -0.856 e. The average Bonchev–Trinajstić information content (AvgIpc) is 1.77. The second-order valence-corrected chi connectivity index (χ2v) is 1.59. The number of rotatable bonds is 0. The molecule has 1 rings (SSSR count). The highest BCUT2D eigenvalue weighted by Gasteiger charge is 1.83. The van der Waals surface area contributed by atoms with Gasteiger partial charge in [-0.25, -0.2) is 0 Å². The van der Waals surface area contributed by atoms with Crippen LogP contribution in [0.15, 0.2) is 12.3 Å². The van der Waals surface area contributed by atoms with Crippen molar-refractivity contribution in [3.63, 3.8) is 0 Å². The predicted molar refractivity (Wildman–Crippen MR) is 26.5 cm³/mol. The van der Waals surface area contributed by atoms with Crippen molar-refractivity contribution in [3.05, 3.63) is 17.3 Å². The van der Waals surface area contributed by atoms with E-state index in [2.05, 4.69) is 10.2 Å². The third-order valence-corrected chi connectivity index (χ3v) is 0.928. The van der Waals surface area contributed by atoms with Crippen molar-refractivity contribution in [3.8, 4) is 5.88 Å². The summed E-state index contributed by atoms with van der Waals surface area (Å²) in [6, 6.07) is 1.40. The van der Waals surface area contributed by atoms with Crippen molar-refractivity contribution in [1.29, 1.82) is 0 Å².